The highest BCUT2D eigenvalue weighted by atomic mass is 16.5. The maximum Gasteiger partial charge on any atom is 0.218 e. The highest BCUT2D eigenvalue weighted by Gasteiger charge is 2.17. The number of nitrogens with zero attached hydrogens (tertiary/aromatic N) is 4. The van der Waals surface area contributed by atoms with Crippen molar-refractivity contribution in [1.82, 2.24) is 14.9 Å². The molecule has 1 aromatic rings. The van der Waals surface area contributed by atoms with Gasteiger partial charge in [0.1, 0.15) is 12.1 Å². The lowest BCUT2D eigenvalue weighted by atomic mass is 10.1. The Morgan fingerprint density at radius 3 is 2.90 bits per heavy atom. The monoisotopic (exact) mass is 293 g/mol. The average Bonchev–Trinajstić information content (AvgIpc) is 2.73. The first-order valence-corrected chi connectivity index (χ1v) is 7.85. The molecule has 6 nitrogen and oxygen atoms in total. The van der Waals surface area contributed by atoms with E-state index >= 15 is 0 Å². The average molecular weight is 293 g/mol. The van der Waals surface area contributed by atoms with E-state index in [1.54, 1.807) is 6.33 Å². The predicted molar refractivity (Wildman–Crippen MR) is 84.7 cm³/mol. The van der Waals surface area contributed by atoms with Gasteiger partial charge >= 0.3 is 0 Å². The van der Waals surface area contributed by atoms with E-state index in [-0.39, 0.29) is 0 Å². The summed E-state index contributed by atoms with van der Waals surface area (Å²) in [7, 11) is 0. The van der Waals surface area contributed by atoms with Crippen molar-refractivity contribution in [3.63, 3.8) is 0 Å². The van der Waals surface area contributed by atoms with Crippen LogP contribution >= 0.6 is 0 Å². The van der Waals surface area contributed by atoms with E-state index in [1.165, 1.54) is 0 Å². The van der Waals surface area contributed by atoms with Crippen molar-refractivity contribution in [2.45, 2.75) is 20.3 Å². The van der Waals surface area contributed by atoms with Crippen LogP contribution < -0.4 is 15.4 Å². The molecule has 1 aliphatic heterocycles. The lowest BCUT2D eigenvalue weighted by Crippen LogP contribution is -2.35. The molecule has 0 amide bonds. The maximum absolute atomic E-state index is 5.72. The molecule has 0 radical (unpaired) electrons. The molecule has 0 spiro atoms. The topological polar surface area (TPSA) is 67.5 Å². The van der Waals surface area contributed by atoms with Crippen LogP contribution in [-0.4, -0.2) is 60.7 Å². The summed E-state index contributed by atoms with van der Waals surface area (Å²) in [5.41, 5.74) is 5.72. The van der Waals surface area contributed by atoms with Gasteiger partial charge in [0.05, 0.1) is 6.61 Å². The molecule has 2 N–H and O–H groups in total. The molecule has 1 fully saturated rings. The fourth-order valence-corrected chi connectivity index (χ4v) is 2.63. The van der Waals surface area contributed by atoms with Gasteiger partial charge in [-0.25, -0.2) is 9.97 Å². The van der Waals surface area contributed by atoms with Gasteiger partial charge in [-0.15, -0.1) is 0 Å². The van der Waals surface area contributed by atoms with Crippen molar-refractivity contribution in [3.05, 3.63) is 12.4 Å². The van der Waals surface area contributed by atoms with E-state index in [1.807, 2.05) is 13.0 Å². The van der Waals surface area contributed by atoms with Crippen LogP contribution in [0.3, 0.4) is 0 Å². The van der Waals surface area contributed by atoms with Crippen molar-refractivity contribution >= 4 is 5.82 Å². The van der Waals surface area contributed by atoms with Crippen LogP contribution in [0.4, 0.5) is 5.82 Å². The predicted octanol–water partition coefficient (Wildman–Crippen LogP) is 0.982. The molecule has 1 atom stereocenters. The van der Waals surface area contributed by atoms with E-state index in [4.69, 9.17) is 10.5 Å². The molecule has 0 aliphatic carbocycles. The number of hydrogen-bond acceptors (Lipinski definition) is 6. The first kappa shape index (κ1) is 16.0. The fraction of sp³-hybridized carbons (Fsp3) is 0.733. The number of anilines is 1. The molecule has 2 heterocycles. The van der Waals surface area contributed by atoms with E-state index in [9.17, 15) is 0 Å². The van der Waals surface area contributed by atoms with Crippen LogP contribution in [0.5, 0.6) is 5.88 Å². The van der Waals surface area contributed by atoms with Crippen LogP contribution in [-0.2, 0) is 0 Å². The number of rotatable bonds is 6. The van der Waals surface area contributed by atoms with Crippen LogP contribution in [0.15, 0.2) is 12.4 Å². The summed E-state index contributed by atoms with van der Waals surface area (Å²) in [5, 5.41) is 0. The van der Waals surface area contributed by atoms with Crippen molar-refractivity contribution in [1.29, 1.82) is 0 Å². The van der Waals surface area contributed by atoms with Gasteiger partial charge in [0.25, 0.3) is 0 Å². The lowest BCUT2D eigenvalue weighted by Gasteiger charge is -2.24. The van der Waals surface area contributed by atoms with Gasteiger partial charge in [0, 0.05) is 32.2 Å². The van der Waals surface area contributed by atoms with Gasteiger partial charge in [0.15, 0.2) is 0 Å². The Morgan fingerprint density at radius 1 is 1.29 bits per heavy atom. The van der Waals surface area contributed by atoms with Crippen molar-refractivity contribution in [3.8, 4) is 5.88 Å². The van der Waals surface area contributed by atoms with Crippen molar-refractivity contribution in [2.24, 2.45) is 11.7 Å². The summed E-state index contributed by atoms with van der Waals surface area (Å²) in [6, 6.07) is 1.93. The van der Waals surface area contributed by atoms with Crippen molar-refractivity contribution < 1.29 is 4.74 Å². The van der Waals surface area contributed by atoms with E-state index in [0.717, 1.165) is 51.5 Å². The third-order valence-electron chi connectivity index (χ3n) is 3.80. The third kappa shape index (κ3) is 4.82. The Labute approximate surface area is 127 Å². The largest absolute Gasteiger partial charge is 0.478 e. The van der Waals surface area contributed by atoms with Gasteiger partial charge < -0.3 is 20.3 Å². The smallest absolute Gasteiger partial charge is 0.218 e. The Bertz CT molecular complexity index is 428. The molecule has 21 heavy (non-hydrogen) atoms. The molecule has 0 aromatic carbocycles. The molecule has 1 aliphatic rings. The second-order valence-electron chi connectivity index (χ2n) is 5.63. The van der Waals surface area contributed by atoms with Crippen LogP contribution in [0, 0.1) is 5.92 Å². The quantitative estimate of drug-likeness (QED) is 0.843. The molecular formula is C15H27N5O. The highest BCUT2D eigenvalue weighted by molar-refractivity contribution is 5.40. The fourth-order valence-electron chi connectivity index (χ4n) is 2.63. The Morgan fingerprint density at radius 2 is 2.14 bits per heavy atom. The first-order valence-electron chi connectivity index (χ1n) is 7.85. The summed E-state index contributed by atoms with van der Waals surface area (Å²) < 4.78 is 5.45. The Balaban J connectivity index is 1.94. The summed E-state index contributed by atoms with van der Waals surface area (Å²) >= 11 is 0. The Hall–Kier alpha value is -1.40. The summed E-state index contributed by atoms with van der Waals surface area (Å²) in [6.07, 6.45) is 2.73. The molecule has 1 unspecified atom stereocenters. The second kappa shape index (κ2) is 8.14. The van der Waals surface area contributed by atoms with Gasteiger partial charge in [-0.2, -0.15) is 0 Å². The number of nitrogens with two attached hydrogens (primary N) is 1. The second-order valence-corrected chi connectivity index (χ2v) is 5.63. The summed E-state index contributed by atoms with van der Waals surface area (Å²) in [4.78, 5) is 13.3. The summed E-state index contributed by atoms with van der Waals surface area (Å²) in [6.45, 7) is 10.8. The zero-order chi connectivity index (χ0) is 15.1. The minimum absolute atomic E-state index is 0.556. The molecule has 6 heteroatoms. The molecule has 1 saturated heterocycles. The standard InChI is InChI=1S/C15H27N5O/c1-3-21-15-9-14(17-12-18-15)20-6-4-5-19(7-8-20)11-13(2)10-16/h9,12-13H,3-8,10-11,16H2,1-2H3. The van der Waals surface area contributed by atoms with E-state index in [0.29, 0.717) is 18.4 Å². The Kier molecular flexibility index (Phi) is 6.20. The minimum atomic E-state index is 0.556. The van der Waals surface area contributed by atoms with Crippen molar-refractivity contribution in [2.75, 3.05) is 50.8 Å². The maximum atomic E-state index is 5.72. The van der Waals surface area contributed by atoms with E-state index in [2.05, 4.69) is 26.7 Å². The third-order valence-corrected chi connectivity index (χ3v) is 3.80. The number of aromatic nitrogens is 2. The SMILES string of the molecule is CCOc1cc(N2CCCN(CC(C)CN)CC2)ncn1. The molecule has 1 aromatic heterocycles. The molecule has 0 saturated carbocycles. The molecular weight excluding hydrogens is 266 g/mol. The van der Waals surface area contributed by atoms with Crippen LogP contribution in [0.25, 0.3) is 0 Å². The molecule has 2 rings (SSSR count). The number of ether oxygens (including phenoxy) is 1. The van der Waals surface area contributed by atoms with Gasteiger partial charge in [0.2, 0.25) is 5.88 Å². The van der Waals surface area contributed by atoms with Gasteiger partial charge in [-0.1, -0.05) is 6.92 Å². The van der Waals surface area contributed by atoms with Gasteiger partial charge in [-0.3, -0.25) is 0 Å². The van der Waals surface area contributed by atoms with E-state index < -0.39 is 0 Å². The first-order chi connectivity index (χ1) is 10.2. The normalized spacial score (nSPS) is 18.3. The van der Waals surface area contributed by atoms with Gasteiger partial charge in [-0.05, 0) is 32.4 Å². The minimum Gasteiger partial charge on any atom is -0.478 e. The van der Waals surface area contributed by atoms with Crippen LogP contribution in [0.2, 0.25) is 0 Å². The molecule has 118 valence electrons. The molecule has 0 bridgehead atoms. The van der Waals surface area contributed by atoms with Crippen LogP contribution in [0.1, 0.15) is 20.3 Å². The highest BCUT2D eigenvalue weighted by Crippen LogP contribution is 2.18. The zero-order valence-electron chi connectivity index (χ0n) is 13.2. The summed E-state index contributed by atoms with van der Waals surface area (Å²) in [5.74, 6) is 2.17. The lowest BCUT2D eigenvalue weighted by molar-refractivity contribution is 0.255. The number of hydrogen-bond donors (Lipinski definition) is 1. The zero-order valence-corrected chi connectivity index (χ0v) is 13.2.